The van der Waals surface area contributed by atoms with Gasteiger partial charge in [-0.1, -0.05) is 0 Å². The molecule has 2 heterocycles. The Morgan fingerprint density at radius 1 is 1.33 bits per heavy atom. The minimum atomic E-state index is -1.04. The number of rotatable bonds is 5. The second-order valence-corrected chi connectivity index (χ2v) is 6.18. The van der Waals surface area contributed by atoms with Crippen molar-refractivity contribution in [3.8, 4) is 5.75 Å². The van der Waals surface area contributed by atoms with E-state index in [2.05, 4.69) is 5.10 Å². The van der Waals surface area contributed by atoms with E-state index in [0.29, 0.717) is 25.9 Å². The van der Waals surface area contributed by atoms with Crippen LogP contribution in [0.3, 0.4) is 0 Å². The molecule has 1 saturated heterocycles. The van der Waals surface area contributed by atoms with E-state index in [-0.39, 0.29) is 34.5 Å². The van der Waals surface area contributed by atoms with Gasteiger partial charge in [-0.15, -0.1) is 0 Å². The molecule has 0 bridgehead atoms. The lowest BCUT2D eigenvalue weighted by Gasteiger charge is -2.32. The van der Waals surface area contributed by atoms with Crippen LogP contribution in [0.4, 0.5) is 5.69 Å². The van der Waals surface area contributed by atoms with E-state index in [9.17, 15) is 19.7 Å². The van der Waals surface area contributed by atoms with E-state index in [1.807, 2.05) is 0 Å². The predicted molar refractivity (Wildman–Crippen MR) is 93.0 cm³/mol. The largest absolute Gasteiger partial charge is 0.496 e. The molecule has 1 aromatic carbocycles. The number of ether oxygens (including phenoxy) is 1. The molecule has 0 aliphatic carbocycles. The maximum atomic E-state index is 12.8. The van der Waals surface area contributed by atoms with Crippen LogP contribution in [-0.2, 0) is 0 Å². The van der Waals surface area contributed by atoms with Crippen molar-refractivity contribution in [3.63, 3.8) is 0 Å². The number of hydrogen-bond donors (Lipinski definition) is 1. The topological polar surface area (TPSA) is 128 Å². The fourth-order valence-electron chi connectivity index (χ4n) is 3.13. The number of nitrogens with zero attached hydrogens (tertiary/aromatic N) is 4. The number of non-ortho nitro benzene ring substituents is 1. The van der Waals surface area contributed by atoms with Crippen molar-refractivity contribution in [1.82, 2.24) is 14.7 Å². The third kappa shape index (κ3) is 3.73. The first-order chi connectivity index (χ1) is 12.9. The summed E-state index contributed by atoms with van der Waals surface area (Å²) in [4.78, 5) is 35.8. The first kappa shape index (κ1) is 18.4. The molecule has 1 aliphatic rings. The summed E-state index contributed by atoms with van der Waals surface area (Å²) < 4.78 is 6.78. The third-order valence-electron chi connectivity index (χ3n) is 4.60. The number of likely N-dealkylation sites (tertiary alicyclic amines) is 1. The van der Waals surface area contributed by atoms with Gasteiger partial charge in [0.25, 0.3) is 11.6 Å². The normalized spacial score (nSPS) is 14.8. The highest BCUT2D eigenvalue weighted by Gasteiger charge is 2.28. The summed E-state index contributed by atoms with van der Waals surface area (Å²) in [6.45, 7) is 0.856. The number of carbonyl (C=O) groups is 2. The molecule has 142 valence electrons. The van der Waals surface area contributed by atoms with Gasteiger partial charge in [0.15, 0.2) is 0 Å². The molecule has 0 saturated carbocycles. The Morgan fingerprint density at radius 2 is 2.04 bits per heavy atom. The van der Waals surface area contributed by atoms with Crippen LogP contribution in [0.1, 0.15) is 39.6 Å². The zero-order valence-electron chi connectivity index (χ0n) is 14.6. The zero-order valence-corrected chi connectivity index (χ0v) is 14.6. The van der Waals surface area contributed by atoms with Crippen molar-refractivity contribution < 1.29 is 24.4 Å². The number of aromatic nitrogens is 2. The molecule has 1 fully saturated rings. The Bertz CT molecular complexity index is 885. The Morgan fingerprint density at radius 3 is 2.59 bits per heavy atom. The first-order valence-corrected chi connectivity index (χ1v) is 8.30. The standard InChI is InChI=1S/C17H18N4O6/c1-27-15-3-2-13(21(25)26)8-14(15)16(22)19-6-4-12(5-7-19)20-10-11(9-18-20)17(23)24/h2-3,8-10,12H,4-7H2,1H3,(H,23,24). The van der Waals surface area contributed by atoms with Crippen LogP contribution < -0.4 is 4.74 Å². The van der Waals surface area contributed by atoms with Gasteiger partial charge in [-0.05, 0) is 18.9 Å². The van der Waals surface area contributed by atoms with Crippen molar-refractivity contribution in [2.75, 3.05) is 20.2 Å². The van der Waals surface area contributed by atoms with Gasteiger partial charge < -0.3 is 14.7 Å². The van der Waals surface area contributed by atoms with Gasteiger partial charge in [-0.3, -0.25) is 19.6 Å². The summed E-state index contributed by atoms with van der Waals surface area (Å²) in [5.74, 6) is -1.08. The summed E-state index contributed by atoms with van der Waals surface area (Å²) in [7, 11) is 1.40. The van der Waals surface area contributed by atoms with Crippen LogP contribution >= 0.6 is 0 Å². The van der Waals surface area contributed by atoms with Gasteiger partial charge in [0.2, 0.25) is 0 Å². The smallest absolute Gasteiger partial charge is 0.338 e. The lowest BCUT2D eigenvalue weighted by molar-refractivity contribution is -0.384. The monoisotopic (exact) mass is 374 g/mol. The van der Waals surface area contributed by atoms with Crippen molar-refractivity contribution in [2.45, 2.75) is 18.9 Å². The number of carboxylic acids is 1. The van der Waals surface area contributed by atoms with Gasteiger partial charge in [-0.25, -0.2) is 4.79 Å². The number of hydrogen-bond acceptors (Lipinski definition) is 6. The Balaban J connectivity index is 1.72. The minimum absolute atomic E-state index is 0.00541. The highest BCUT2D eigenvalue weighted by molar-refractivity contribution is 5.97. The predicted octanol–water partition coefficient (Wildman–Crippen LogP) is 1.98. The van der Waals surface area contributed by atoms with Crippen molar-refractivity contribution in [1.29, 1.82) is 0 Å². The highest BCUT2D eigenvalue weighted by Crippen LogP contribution is 2.28. The molecule has 1 N–H and O–H groups in total. The van der Waals surface area contributed by atoms with Crippen LogP contribution in [0.25, 0.3) is 0 Å². The van der Waals surface area contributed by atoms with E-state index < -0.39 is 10.9 Å². The first-order valence-electron chi connectivity index (χ1n) is 8.30. The van der Waals surface area contributed by atoms with Crippen molar-refractivity contribution in [3.05, 3.63) is 51.8 Å². The summed E-state index contributed by atoms with van der Waals surface area (Å²) in [6, 6.07) is 3.92. The number of methoxy groups -OCH3 is 1. The molecule has 10 heteroatoms. The van der Waals surface area contributed by atoms with Crippen LogP contribution in [0, 0.1) is 10.1 Å². The number of piperidine rings is 1. The zero-order chi connectivity index (χ0) is 19.6. The van der Waals surface area contributed by atoms with Crippen LogP contribution in [0.5, 0.6) is 5.75 Å². The molecule has 27 heavy (non-hydrogen) atoms. The van der Waals surface area contributed by atoms with Gasteiger partial charge in [0.1, 0.15) is 5.75 Å². The molecule has 1 amide bonds. The van der Waals surface area contributed by atoms with Crippen LogP contribution in [0.2, 0.25) is 0 Å². The average molecular weight is 374 g/mol. The molecule has 1 aromatic heterocycles. The van der Waals surface area contributed by atoms with E-state index >= 15 is 0 Å². The molecule has 10 nitrogen and oxygen atoms in total. The fraction of sp³-hybridized carbons (Fsp3) is 0.353. The maximum Gasteiger partial charge on any atom is 0.338 e. The second kappa shape index (κ2) is 7.44. The van der Waals surface area contributed by atoms with Gasteiger partial charge in [0, 0.05) is 31.4 Å². The number of benzene rings is 1. The third-order valence-corrected chi connectivity index (χ3v) is 4.60. The number of carbonyl (C=O) groups excluding carboxylic acids is 1. The van der Waals surface area contributed by atoms with Crippen LogP contribution in [-0.4, -0.2) is 56.8 Å². The number of nitro benzene ring substituents is 1. The lowest BCUT2D eigenvalue weighted by Crippen LogP contribution is -2.39. The summed E-state index contributed by atoms with van der Waals surface area (Å²) in [6.07, 6.45) is 3.98. The summed E-state index contributed by atoms with van der Waals surface area (Å²) in [5, 5.41) is 24.1. The molecule has 0 radical (unpaired) electrons. The molecule has 0 spiro atoms. The van der Waals surface area contributed by atoms with E-state index in [0.717, 1.165) is 0 Å². The number of carboxylic acid groups (broad SMARTS) is 1. The van der Waals surface area contributed by atoms with Gasteiger partial charge in [0.05, 0.1) is 35.4 Å². The Hall–Kier alpha value is -3.43. The minimum Gasteiger partial charge on any atom is -0.496 e. The van der Waals surface area contributed by atoms with E-state index in [1.54, 1.807) is 9.58 Å². The van der Waals surface area contributed by atoms with Gasteiger partial charge >= 0.3 is 5.97 Å². The molecule has 3 rings (SSSR count). The molecule has 1 aliphatic heterocycles. The maximum absolute atomic E-state index is 12.8. The molecule has 0 unspecified atom stereocenters. The van der Waals surface area contributed by atoms with Gasteiger partial charge in [-0.2, -0.15) is 5.10 Å². The lowest BCUT2D eigenvalue weighted by atomic mass is 10.0. The Kier molecular flexibility index (Phi) is 5.06. The average Bonchev–Trinajstić information content (AvgIpc) is 3.17. The van der Waals surface area contributed by atoms with Crippen LogP contribution in [0.15, 0.2) is 30.6 Å². The molecular formula is C17H18N4O6. The number of amides is 1. The SMILES string of the molecule is COc1ccc([N+](=O)[O-])cc1C(=O)N1CCC(n2cc(C(=O)O)cn2)CC1. The fourth-order valence-corrected chi connectivity index (χ4v) is 3.13. The Labute approximate surface area is 154 Å². The highest BCUT2D eigenvalue weighted by atomic mass is 16.6. The number of nitro groups is 1. The van der Waals surface area contributed by atoms with E-state index in [1.165, 1.54) is 37.7 Å². The second-order valence-electron chi connectivity index (χ2n) is 6.18. The van der Waals surface area contributed by atoms with E-state index in [4.69, 9.17) is 9.84 Å². The van der Waals surface area contributed by atoms with Crippen molar-refractivity contribution >= 4 is 17.6 Å². The number of aromatic carboxylic acids is 1. The summed E-state index contributed by atoms with van der Waals surface area (Å²) in [5.41, 5.74) is 0.0963. The molecule has 2 aromatic rings. The van der Waals surface area contributed by atoms with Crippen molar-refractivity contribution in [2.24, 2.45) is 0 Å². The quantitative estimate of drug-likeness (QED) is 0.626. The molecular weight excluding hydrogens is 356 g/mol. The summed E-state index contributed by atoms with van der Waals surface area (Å²) >= 11 is 0. The molecule has 0 atom stereocenters.